The van der Waals surface area contributed by atoms with Crippen molar-refractivity contribution in [2.45, 2.75) is 52.2 Å². The highest BCUT2D eigenvalue weighted by molar-refractivity contribution is 7.19. The number of nitrogens with one attached hydrogen (secondary N) is 1. The SMILES string of the molecule is CCCN(CC)Cc1c(CNC2CC2)sc2ccccc12. The molecule has 0 unspecified atom stereocenters. The van der Waals surface area contributed by atoms with Crippen LogP contribution >= 0.6 is 11.3 Å². The third-order valence-electron chi connectivity index (χ3n) is 4.28. The van der Waals surface area contributed by atoms with E-state index in [2.05, 4.69) is 48.3 Å². The minimum Gasteiger partial charge on any atom is -0.309 e. The Morgan fingerprint density at radius 3 is 2.76 bits per heavy atom. The summed E-state index contributed by atoms with van der Waals surface area (Å²) in [6, 6.07) is 9.67. The molecule has 0 saturated heterocycles. The van der Waals surface area contributed by atoms with Crippen molar-refractivity contribution >= 4 is 21.4 Å². The number of rotatable bonds is 8. The van der Waals surface area contributed by atoms with Crippen molar-refractivity contribution < 1.29 is 0 Å². The van der Waals surface area contributed by atoms with Gasteiger partial charge in [-0.05, 0) is 49.4 Å². The highest BCUT2D eigenvalue weighted by Gasteiger charge is 2.22. The molecule has 114 valence electrons. The van der Waals surface area contributed by atoms with Crippen LogP contribution in [0, 0.1) is 0 Å². The number of benzene rings is 1. The average molecular weight is 302 g/mol. The van der Waals surface area contributed by atoms with Gasteiger partial charge in [-0.3, -0.25) is 4.90 Å². The van der Waals surface area contributed by atoms with Gasteiger partial charge in [0.1, 0.15) is 0 Å². The van der Waals surface area contributed by atoms with E-state index >= 15 is 0 Å². The van der Waals surface area contributed by atoms with Gasteiger partial charge in [-0.15, -0.1) is 11.3 Å². The van der Waals surface area contributed by atoms with E-state index in [0.29, 0.717) is 0 Å². The van der Waals surface area contributed by atoms with Crippen molar-refractivity contribution in [3.05, 3.63) is 34.7 Å². The number of hydrogen-bond acceptors (Lipinski definition) is 3. The van der Waals surface area contributed by atoms with Gasteiger partial charge in [-0.1, -0.05) is 32.0 Å². The van der Waals surface area contributed by atoms with Crippen molar-refractivity contribution in [3.63, 3.8) is 0 Å². The van der Waals surface area contributed by atoms with E-state index < -0.39 is 0 Å². The molecule has 3 rings (SSSR count). The average Bonchev–Trinajstić information content (AvgIpc) is 3.27. The van der Waals surface area contributed by atoms with Gasteiger partial charge in [-0.25, -0.2) is 0 Å². The molecule has 1 aromatic heterocycles. The molecule has 1 N–H and O–H groups in total. The molecule has 2 aromatic rings. The lowest BCUT2D eigenvalue weighted by Gasteiger charge is -2.20. The number of hydrogen-bond donors (Lipinski definition) is 1. The normalized spacial score (nSPS) is 15.2. The molecule has 1 aliphatic carbocycles. The van der Waals surface area contributed by atoms with Gasteiger partial charge in [0, 0.05) is 28.7 Å². The van der Waals surface area contributed by atoms with Crippen molar-refractivity contribution in [3.8, 4) is 0 Å². The van der Waals surface area contributed by atoms with Crippen LogP contribution in [0.5, 0.6) is 0 Å². The second-order valence-corrected chi connectivity index (χ2v) is 7.16. The van der Waals surface area contributed by atoms with Crippen LogP contribution in [0.2, 0.25) is 0 Å². The molecule has 0 radical (unpaired) electrons. The zero-order valence-corrected chi connectivity index (χ0v) is 14.0. The van der Waals surface area contributed by atoms with Crippen LogP contribution in [0.3, 0.4) is 0 Å². The highest BCUT2D eigenvalue weighted by Crippen LogP contribution is 2.33. The molecule has 0 amide bonds. The van der Waals surface area contributed by atoms with Crippen molar-refractivity contribution in [1.29, 1.82) is 0 Å². The summed E-state index contributed by atoms with van der Waals surface area (Å²) in [5, 5.41) is 5.15. The molecule has 3 heteroatoms. The van der Waals surface area contributed by atoms with Crippen LogP contribution in [0.25, 0.3) is 10.1 Å². The van der Waals surface area contributed by atoms with E-state index in [-0.39, 0.29) is 0 Å². The summed E-state index contributed by atoms with van der Waals surface area (Å²) in [5.41, 5.74) is 1.55. The molecule has 1 aliphatic rings. The van der Waals surface area contributed by atoms with Crippen LogP contribution in [0.15, 0.2) is 24.3 Å². The quantitative estimate of drug-likeness (QED) is 0.778. The summed E-state index contributed by atoms with van der Waals surface area (Å²) >= 11 is 1.98. The summed E-state index contributed by atoms with van der Waals surface area (Å²) in [5.74, 6) is 0. The van der Waals surface area contributed by atoms with E-state index in [9.17, 15) is 0 Å². The Hall–Kier alpha value is -0.900. The fourth-order valence-corrected chi connectivity index (χ4v) is 4.05. The Labute approximate surface area is 132 Å². The van der Waals surface area contributed by atoms with Crippen molar-refractivity contribution in [2.75, 3.05) is 13.1 Å². The molecule has 2 nitrogen and oxygen atoms in total. The molecule has 0 bridgehead atoms. The molecule has 21 heavy (non-hydrogen) atoms. The molecule has 1 saturated carbocycles. The zero-order chi connectivity index (χ0) is 14.7. The fraction of sp³-hybridized carbons (Fsp3) is 0.556. The Balaban J connectivity index is 1.86. The highest BCUT2D eigenvalue weighted by atomic mass is 32.1. The van der Waals surface area contributed by atoms with Gasteiger partial charge in [-0.2, -0.15) is 0 Å². The van der Waals surface area contributed by atoms with Crippen LogP contribution < -0.4 is 5.32 Å². The van der Waals surface area contributed by atoms with E-state index in [1.165, 1.54) is 40.8 Å². The van der Waals surface area contributed by atoms with Crippen LogP contribution in [0.1, 0.15) is 43.6 Å². The first-order chi connectivity index (χ1) is 10.3. The molecule has 1 aromatic carbocycles. The lowest BCUT2D eigenvalue weighted by Crippen LogP contribution is -2.24. The summed E-state index contributed by atoms with van der Waals surface area (Å²) in [6.45, 7) is 9.00. The topological polar surface area (TPSA) is 15.3 Å². The molecule has 1 heterocycles. The lowest BCUT2D eigenvalue weighted by molar-refractivity contribution is 0.281. The van der Waals surface area contributed by atoms with Crippen molar-refractivity contribution in [1.82, 2.24) is 10.2 Å². The smallest absolute Gasteiger partial charge is 0.0349 e. The first-order valence-corrected chi connectivity index (χ1v) is 9.08. The first kappa shape index (κ1) is 15.0. The van der Waals surface area contributed by atoms with Gasteiger partial charge in [0.05, 0.1) is 0 Å². The van der Waals surface area contributed by atoms with Gasteiger partial charge < -0.3 is 5.32 Å². The maximum atomic E-state index is 3.69. The van der Waals surface area contributed by atoms with Crippen LogP contribution in [-0.2, 0) is 13.1 Å². The fourth-order valence-electron chi connectivity index (χ4n) is 2.88. The van der Waals surface area contributed by atoms with Gasteiger partial charge in [0.25, 0.3) is 0 Å². The zero-order valence-electron chi connectivity index (χ0n) is 13.2. The molecular weight excluding hydrogens is 276 g/mol. The number of fused-ring (bicyclic) bond motifs is 1. The second-order valence-electron chi connectivity index (χ2n) is 6.02. The predicted octanol–water partition coefficient (Wildman–Crippen LogP) is 4.39. The summed E-state index contributed by atoms with van der Waals surface area (Å²) in [6.07, 6.45) is 3.94. The van der Waals surface area contributed by atoms with E-state index in [1.807, 2.05) is 11.3 Å². The third kappa shape index (κ3) is 3.65. The maximum Gasteiger partial charge on any atom is 0.0349 e. The first-order valence-electron chi connectivity index (χ1n) is 8.26. The predicted molar refractivity (Wildman–Crippen MR) is 92.9 cm³/mol. The van der Waals surface area contributed by atoms with Crippen molar-refractivity contribution in [2.24, 2.45) is 0 Å². The standard InChI is InChI=1S/C18H26N2S/c1-3-11-20(4-2)13-16-15-7-5-6-8-17(15)21-18(16)12-19-14-9-10-14/h5-8,14,19H,3-4,9-13H2,1-2H3. The molecule has 1 fully saturated rings. The number of thiophene rings is 1. The van der Waals surface area contributed by atoms with Gasteiger partial charge >= 0.3 is 0 Å². The second kappa shape index (κ2) is 6.91. The minimum atomic E-state index is 0.779. The molecule has 0 atom stereocenters. The molecular formula is C18H26N2S. The summed E-state index contributed by atoms with van der Waals surface area (Å²) in [7, 11) is 0. The Morgan fingerprint density at radius 2 is 2.05 bits per heavy atom. The Kier molecular flexibility index (Phi) is 4.94. The van der Waals surface area contributed by atoms with Crippen LogP contribution in [0.4, 0.5) is 0 Å². The molecule has 0 spiro atoms. The third-order valence-corrected chi connectivity index (χ3v) is 5.49. The van der Waals surface area contributed by atoms with E-state index in [4.69, 9.17) is 0 Å². The summed E-state index contributed by atoms with van der Waals surface area (Å²) < 4.78 is 1.44. The maximum absolute atomic E-state index is 3.69. The van der Waals surface area contributed by atoms with Gasteiger partial charge in [0.2, 0.25) is 0 Å². The van der Waals surface area contributed by atoms with E-state index in [1.54, 1.807) is 5.56 Å². The monoisotopic (exact) mass is 302 g/mol. The minimum absolute atomic E-state index is 0.779. The van der Waals surface area contributed by atoms with Gasteiger partial charge in [0.15, 0.2) is 0 Å². The Morgan fingerprint density at radius 1 is 1.24 bits per heavy atom. The summed E-state index contributed by atoms with van der Waals surface area (Å²) in [4.78, 5) is 4.10. The van der Waals surface area contributed by atoms with Crippen LogP contribution in [-0.4, -0.2) is 24.0 Å². The lowest BCUT2D eigenvalue weighted by atomic mass is 10.1. The largest absolute Gasteiger partial charge is 0.309 e. The molecule has 0 aliphatic heterocycles. The number of nitrogens with zero attached hydrogens (tertiary/aromatic N) is 1. The van der Waals surface area contributed by atoms with E-state index in [0.717, 1.165) is 25.7 Å². The Bertz CT molecular complexity index is 586.